The van der Waals surface area contributed by atoms with Gasteiger partial charge in [0.15, 0.2) is 4.77 Å². The molecule has 0 saturated carbocycles. The topological polar surface area (TPSA) is 87.6 Å². The molecule has 0 unspecified atom stereocenters. The number of carbonyl (C=O) groups excluding carboxylic acids is 2. The van der Waals surface area contributed by atoms with E-state index < -0.39 is 23.4 Å². The second-order valence-corrected chi connectivity index (χ2v) is 8.77. The van der Waals surface area contributed by atoms with Crippen LogP contribution in [0.4, 0.5) is 18.0 Å². The van der Waals surface area contributed by atoms with Crippen LogP contribution in [-0.2, 0) is 10.9 Å². The second-order valence-electron chi connectivity index (χ2n) is 7.97. The van der Waals surface area contributed by atoms with Crippen LogP contribution in [0.3, 0.4) is 0 Å². The number of piperazine rings is 1. The molecule has 0 atom stereocenters. The largest absolute Gasteiger partial charge is 0.450 e. The number of aromatic nitrogens is 2. The number of benzene rings is 2. The lowest BCUT2D eigenvalue weighted by atomic mass is 10.1. The summed E-state index contributed by atoms with van der Waals surface area (Å²) in [5, 5.41) is 0.0264. The Balaban J connectivity index is 1.65. The van der Waals surface area contributed by atoms with Gasteiger partial charge < -0.3 is 19.5 Å². The Morgan fingerprint density at radius 2 is 1.75 bits per heavy atom. The fourth-order valence-corrected chi connectivity index (χ4v) is 4.41. The zero-order valence-electron chi connectivity index (χ0n) is 18.9. The van der Waals surface area contributed by atoms with Gasteiger partial charge in [-0.05, 0) is 55.5 Å². The SMILES string of the molecule is CCOC(=O)N1CCN(C(=O)c2ccc3c(=O)n(-c4cc(C(F)(F)F)ccc4Cl)c(=S)[nH]c3c2)CC1. The Morgan fingerprint density at radius 1 is 1.08 bits per heavy atom. The lowest BCUT2D eigenvalue weighted by Crippen LogP contribution is -2.50. The van der Waals surface area contributed by atoms with Crippen molar-refractivity contribution < 1.29 is 27.5 Å². The van der Waals surface area contributed by atoms with E-state index in [1.54, 1.807) is 11.8 Å². The van der Waals surface area contributed by atoms with Gasteiger partial charge in [-0.1, -0.05) is 11.6 Å². The van der Waals surface area contributed by atoms with E-state index in [0.717, 1.165) is 22.8 Å². The third-order valence-electron chi connectivity index (χ3n) is 5.75. The number of fused-ring (bicyclic) bond motifs is 1. The fourth-order valence-electron chi connectivity index (χ4n) is 3.92. The molecule has 0 bridgehead atoms. The number of rotatable bonds is 3. The Morgan fingerprint density at radius 3 is 2.39 bits per heavy atom. The van der Waals surface area contributed by atoms with E-state index in [1.807, 2.05) is 0 Å². The van der Waals surface area contributed by atoms with E-state index in [2.05, 4.69) is 4.98 Å². The molecule has 1 aliphatic heterocycles. The molecule has 1 N–H and O–H groups in total. The van der Waals surface area contributed by atoms with Gasteiger partial charge in [0, 0.05) is 31.7 Å². The van der Waals surface area contributed by atoms with Gasteiger partial charge in [-0.2, -0.15) is 13.2 Å². The minimum Gasteiger partial charge on any atom is -0.450 e. The standard InChI is InChI=1S/C23H20ClF3N4O4S/c1-2-35-22(34)30-9-7-29(8-10-30)19(32)13-3-5-15-17(11-13)28-21(36)31(20(15)33)18-12-14(23(25,26)27)4-6-16(18)24/h3-6,11-12H,2,7-10H2,1H3,(H,28,36). The third-order valence-corrected chi connectivity index (χ3v) is 6.36. The predicted molar refractivity (Wildman–Crippen MR) is 129 cm³/mol. The van der Waals surface area contributed by atoms with Crippen molar-refractivity contribution in [1.82, 2.24) is 19.4 Å². The molecule has 0 aliphatic carbocycles. The van der Waals surface area contributed by atoms with Crippen molar-refractivity contribution >= 4 is 46.7 Å². The molecule has 0 radical (unpaired) electrons. The molecule has 0 spiro atoms. The number of nitrogens with zero attached hydrogens (tertiary/aromatic N) is 3. The lowest BCUT2D eigenvalue weighted by Gasteiger charge is -2.34. The second kappa shape index (κ2) is 9.94. The molecule has 2 heterocycles. The van der Waals surface area contributed by atoms with E-state index >= 15 is 0 Å². The summed E-state index contributed by atoms with van der Waals surface area (Å²) in [6.45, 7) is 3.23. The van der Waals surface area contributed by atoms with Gasteiger partial charge in [-0.25, -0.2) is 4.79 Å². The summed E-state index contributed by atoms with van der Waals surface area (Å²) in [6.07, 6.45) is -5.07. The van der Waals surface area contributed by atoms with Crippen molar-refractivity contribution in [3.63, 3.8) is 0 Å². The van der Waals surface area contributed by atoms with Crippen LogP contribution in [0, 0.1) is 4.77 Å². The summed E-state index contributed by atoms with van der Waals surface area (Å²) in [5.41, 5.74) is -1.34. The molecule has 4 rings (SSSR count). The van der Waals surface area contributed by atoms with Crippen molar-refractivity contribution in [2.75, 3.05) is 32.8 Å². The number of nitrogens with one attached hydrogen (secondary N) is 1. The molecule has 190 valence electrons. The smallest absolute Gasteiger partial charge is 0.416 e. The van der Waals surface area contributed by atoms with Crippen LogP contribution in [0.25, 0.3) is 16.6 Å². The van der Waals surface area contributed by atoms with E-state index in [4.69, 9.17) is 28.6 Å². The van der Waals surface area contributed by atoms with Crippen LogP contribution in [0.2, 0.25) is 5.02 Å². The highest BCUT2D eigenvalue weighted by molar-refractivity contribution is 7.71. The molecule has 8 nitrogen and oxygen atoms in total. The molecule has 1 fully saturated rings. The minimum absolute atomic E-state index is 0.0855. The number of H-pyrrole nitrogens is 1. The molecule has 1 aliphatic rings. The summed E-state index contributed by atoms with van der Waals surface area (Å²) in [7, 11) is 0. The van der Waals surface area contributed by atoms with E-state index in [1.165, 1.54) is 23.1 Å². The molecular formula is C23H20ClF3N4O4S. The molecule has 2 amide bonds. The summed E-state index contributed by atoms with van der Waals surface area (Å²) < 4.78 is 45.3. The monoisotopic (exact) mass is 540 g/mol. The maximum absolute atomic E-state index is 13.2. The van der Waals surface area contributed by atoms with E-state index in [9.17, 15) is 27.6 Å². The van der Waals surface area contributed by atoms with Crippen LogP contribution in [0.5, 0.6) is 0 Å². The summed E-state index contributed by atoms with van der Waals surface area (Å²) in [6, 6.07) is 6.95. The van der Waals surface area contributed by atoms with Gasteiger partial charge in [0.25, 0.3) is 11.5 Å². The Labute approximate surface area is 212 Å². The molecular weight excluding hydrogens is 521 g/mol. The summed E-state index contributed by atoms with van der Waals surface area (Å²) in [5.74, 6) is -0.301. The highest BCUT2D eigenvalue weighted by Gasteiger charge is 2.31. The van der Waals surface area contributed by atoms with Crippen molar-refractivity contribution in [1.29, 1.82) is 0 Å². The van der Waals surface area contributed by atoms with Crippen molar-refractivity contribution in [2.45, 2.75) is 13.1 Å². The number of alkyl halides is 3. The van der Waals surface area contributed by atoms with Gasteiger partial charge in [0.1, 0.15) is 0 Å². The van der Waals surface area contributed by atoms with Gasteiger partial charge >= 0.3 is 12.3 Å². The van der Waals surface area contributed by atoms with Crippen LogP contribution >= 0.6 is 23.8 Å². The number of ether oxygens (including phenoxy) is 1. The number of amides is 2. The lowest BCUT2D eigenvalue weighted by molar-refractivity contribution is -0.137. The minimum atomic E-state index is -4.64. The number of hydrogen-bond donors (Lipinski definition) is 1. The van der Waals surface area contributed by atoms with Crippen molar-refractivity contribution in [3.8, 4) is 5.69 Å². The number of hydrogen-bond acceptors (Lipinski definition) is 5. The quantitative estimate of drug-likeness (QED) is 0.489. The summed E-state index contributed by atoms with van der Waals surface area (Å²) in [4.78, 5) is 44.0. The van der Waals surface area contributed by atoms with E-state index in [0.29, 0.717) is 26.2 Å². The molecule has 36 heavy (non-hydrogen) atoms. The van der Waals surface area contributed by atoms with Crippen LogP contribution in [0.1, 0.15) is 22.8 Å². The predicted octanol–water partition coefficient (Wildman–Crippen LogP) is 4.63. The number of halogens is 4. The number of carbonyl (C=O) groups is 2. The van der Waals surface area contributed by atoms with Crippen LogP contribution in [0.15, 0.2) is 41.2 Å². The Bertz CT molecular complexity index is 1460. The maximum Gasteiger partial charge on any atom is 0.416 e. The first-order valence-electron chi connectivity index (χ1n) is 10.9. The molecule has 13 heteroatoms. The highest BCUT2D eigenvalue weighted by Crippen LogP contribution is 2.33. The first-order chi connectivity index (χ1) is 17.0. The van der Waals surface area contributed by atoms with Gasteiger partial charge in [0.05, 0.1) is 33.8 Å². The van der Waals surface area contributed by atoms with Crippen LogP contribution < -0.4 is 5.56 Å². The normalized spacial score (nSPS) is 14.2. The van der Waals surface area contributed by atoms with Crippen LogP contribution in [-0.4, -0.2) is 64.1 Å². The Kier molecular flexibility index (Phi) is 7.10. The van der Waals surface area contributed by atoms with E-state index in [-0.39, 0.29) is 44.5 Å². The maximum atomic E-state index is 13.2. The molecule has 3 aromatic rings. The average molecular weight is 541 g/mol. The van der Waals surface area contributed by atoms with Gasteiger partial charge in [-0.15, -0.1) is 0 Å². The average Bonchev–Trinajstić information content (AvgIpc) is 2.84. The Hall–Kier alpha value is -3.38. The number of aromatic amines is 1. The molecule has 2 aromatic carbocycles. The zero-order valence-corrected chi connectivity index (χ0v) is 20.5. The summed E-state index contributed by atoms with van der Waals surface area (Å²) >= 11 is 11.4. The first kappa shape index (κ1) is 25.7. The highest BCUT2D eigenvalue weighted by atomic mass is 35.5. The first-order valence-corrected chi connectivity index (χ1v) is 11.7. The third kappa shape index (κ3) is 4.96. The molecule has 1 saturated heterocycles. The fraction of sp³-hybridized carbons (Fsp3) is 0.304. The van der Waals surface area contributed by atoms with Gasteiger partial charge in [0.2, 0.25) is 0 Å². The van der Waals surface area contributed by atoms with Gasteiger partial charge in [-0.3, -0.25) is 14.2 Å². The zero-order chi connectivity index (χ0) is 26.2. The van der Waals surface area contributed by atoms with Crippen molar-refractivity contribution in [2.24, 2.45) is 0 Å². The van der Waals surface area contributed by atoms with Crippen molar-refractivity contribution in [3.05, 3.63) is 67.7 Å². The molecule has 1 aromatic heterocycles.